The summed E-state index contributed by atoms with van der Waals surface area (Å²) in [5.74, 6) is 2.88. The molecule has 5 nitrogen and oxygen atoms in total. The van der Waals surface area contributed by atoms with Gasteiger partial charge in [-0.05, 0) is 92.2 Å². The van der Waals surface area contributed by atoms with Crippen molar-refractivity contribution in [3.8, 4) is 11.3 Å². The van der Waals surface area contributed by atoms with Gasteiger partial charge in [0.15, 0.2) is 0 Å². The van der Waals surface area contributed by atoms with Gasteiger partial charge < -0.3 is 10.2 Å². The van der Waals surface area contributed by atoms with Crippen molar-refractivity contribution in [3.05, 3.63) is 84.2 Å². The lowest BCUT2D eigenvalue weighted by molar-refractivity contribution is -0.114. The molecule has 1 aromatic heterocycles. The molecule has 1 fully saturated rings. The summed E-state index contributed by atoms with van der Waals surface area (Å²) in [6, 6.07) is 14.4. The maximum atomic E-state index is 13.8. The van der Waals surface area contributed by atoms with Crippen molar-refractivity contribution in [2.75, 3.05) is 28.3 Å². The molecule has 2 aromatic carbocycles. The minimum Gasteiger partial charge on any atom is -0.369 e. The number of nitrogens with one attached hydrogen (secondary N) is 1. The molecule has 204 valence electrons. The largest absolute Gasteiger partial charge is 0.369 e. The van der Waals surface area contributed by atoms with Gasteiger partial charge in [0.1, 0.15) is 17.3 Å². The van der Waals surface area contributed by atoms with Crippen molar-refractivity contribution >= 4 is 34.7 Å². The van der Waals surface area contributed by atoms with E-state index in [-0.39, 0.29) is 23.2 Å². The average Bonchev–Trinajstić information content (AvgIpc) is 3.32. The first-order valence-electron chi connectivity index (χ1n) is 13.8. The van der Waals surface area contributed by atoms with Crippen LogP contribution in [0.15, 0.2) is 67.3 Å². The summed E-state index contributed by atoms with van der Waals surface area (Å²) in [5, 5.41) is 8.69. The normalized spacial score (nSPS) is 17.0. The van der Waals surface area contributed by atoms with E-state index in [0.717, 1.165) is 66.2 Å². The number of allylic oxidation sites excluding steroid dienone is 2. The molecule has 1 unspecified atom stereocenters. The molecule has 1 N–H and O–H groups in total. The van der Waals surface area contributed by atoms with Crippen molar-refractivity contribution in [1.82, 2.24) is 9.78 Å². The van der Waals surface area contributed by atoms with Gasteiger partial charge in [-0.15, -0.1) is 0 Å². The molecule has 1 saturated heterocycles. The summed E-state index contributed by atoms with van der Waals surface area (Å²) in [5.41, 5.74) is 5.29. The van der Waals surface area contributed by atoms with E-state index in [4.69, 9.17) is 5.10 Å². The van der Waals surface area contributed by atoms with Gasteiger partial charge >= 0.3 is 0 Å². The molecule has 3 heterocycles. The minimum atomic E-state index is -0.285. The zero-order valence-corrected chi connectivity index (χ0v) is 23.9. The lowest BCUT2D eigenvalue weighted by Gasteiger charge is -2.41. The average molecular weight is 545 g/mol. The quantitative estimate of drug-likeness (QED) is 0.250. The number of anilines is 2. The lowest BCUT2D eigenvalue weighted by atomic mass is 9.80. The maximum absolute atomic E-state index is 13.8. The Morgan fingerprint density at radius 3 is 2.62 bits per heavy atom. The van der Waals surface area contributed by atoms with E-state index < -0.39 is 0 Å². The number of amides is 1. The number of carbonyl (C=O) groups excluding carboxylic acids is 1. The highest BCUT2D eigenvalue weighted by atomic mass is 32.2. The number of halogens is 1. The molecule has 1 atom stereocenters. The first kappa shape index (κ1) is 27.3. The predicted molar refractivity (Wildman–Crippen MR) is 162 cm³/mol. The zero-order valence-electron chi connectivity index (χ0n) is 23.0. The zero-order chi connectivity index (χ0) is 27.6. The summed E-state index contributed by atoms with van der Waals surface area (Å²) in [7, 11) is 0. The number of nitrogens with zero attached hydrogens (tertiary/aromatic N) is 3. The second-order valence-electron chi connectivity index (χ2n) is 10.8. The van der Waals surface area contributed by atoms with Crippen molar-refractivity contribution in [1.29, 1.82) is 0 Å². The lowest BCUT2D eigenvalue weighted by Crippen LogP contribution is -2.42. The predicted octanol–water partition coefficient (Wildman–Crippen LogP) is 7.34. The number of aryl methyl sites for hydroxylation is 1. The fourth-order valence-electron chi connectivity index (χ4n) is 5.58. The number of thioether (sulfide) groups is 1. The van der Waals surface area contributed by atoms with E-state index in [0.29, 0.717) is 5.57 Å². The van der Waals surface area contributed by atoms with Gasteiger partial charge in [-0.1, -0.05) is 31.7 Å². The summed E-state index contributed by atoms with van der Waals surface area (Å²) >= 11 is 2.02. The van der Waals surface area contributed by atoms with Crippen LogP contribution in [-0.4, -0.2) is 39.8 Å². The highest BCUT2D eigenvalue weighted by Crippen LogP contribution is 2.44. The monoisotopic (exact) mass is 544 g/mol. The number of carbonyl (C=O) groups is 1. The van der Waals surface area contributed by atoms with Crippen molar-refractivity contribution in [2.45, 2.75) is 52.6 Å². The van der Waals surface area contributed by atoms with E-state index in [1.807, 2.05) is 47.9 Å². The van der Waals surface area contributed by atoms with Crippen LogP contribution >= 0.6 is 11.8 Å². The van der Waals surface area contributed by atoms with Crippen LogP contribution in [0.25, 0.3) is 16.8 Å². The fourth-order valence-corrected chi connectivity index (χ4v) is 6.94. The van der Waals surface area contributed by atoms with Crippen LogP contribution in [0, 0.1) is 18.2 Å². The summed E-state index contributed by atoms with van der Waals surface area (Å²) in [6.07, 6.45) is 6.56. The van der Waals surface area contributed by atoms with E-state index in [9.17, 15) is 9.18 Å². The molecule has 0 saturated carbocycles. The molecule has 5 rings (SSSR count). The smallest absolute Gasteiger partial charge is 0.251 e. The van der Waals surface area contributed by atoms with Gasteiger partial charge in [0.05, 0.1) is 12.1 Å². The first-order chi connectivity index (χ1) is 18.8. The van der Waals surface area contributed by atoms with E-state index in [2.05, 4.69) is 30.4 Å². The third kappa shape index (κ3) is 5.55. The molecule has 2 aliphatic rings. The molecule has 7 heteroatoms. The van der Waals surface area contributed by atoms with Crippen LogP contribution in [-0.2, 0) is 11.3 Å². The Hall–Kier alpha value is -3.32. The highest BCUT2D eigenvalue weighted by molar-refractivity contribution is 7.99. The Balaban J connectivity index is 1.49. The van der Waals surface area contributed by atoms with Crippen LogP contribution in [0.3, 0.4) is 0 Å². The summed E-state index contributed by atoms with van der Waals surface area (Å²) < 4.78 is 15.8. The van der Waals surface area contributed by atoms with Crippen LogP contribution in [0.4, 0.5) is 15.9 Å². The third-order valence-corrected chi connectivity index (χ3v) is 9.12. The van der Waals surface area contributed by atoms with Crippen LogP contribution in [0.1, 0.15) is 44.2 Å². The molecule has 1 amide bonds. The Kier molecular flexibility index (Phi) is 7.98. The molecule has 0 aliphatic carbocycles. The van der Waals surface area contributed by atoms with E-state index in [1.165, 1.54) is 23.6 Å². The van der Waals surface area contributed by atoms with Gasteiger partial charge in [0.2, 0.25) is 0 Å². The second kappa shape index (κ2) is 11.4. The molecule has 0 radical (unpaired) electrons. The molecule has 2 aliphatic heterocycles. The van der Waals surface area contributed by atoms with Crippen molar-refractivity contribution in [2.24, 2.45) is 5.41 Å². The summed E-state index contributed by atoms with van der Waals surface area (Å²) in [4.78, 5) is 15.4. The van der Waals surface area contributed by atoms with Gasteiger partial charge in [-0.25, -0.2) is 9.07 Å². The number of hydrogen-bond acceptors (Lipinski definition) is 4. The summed E-state index contributed by atoms with van der Waals surface area (Å²) in [6.45, 7) is 12.3. The number of para-hydroxylation sites is 1. The van der Waals surface area contributed by atoms with Gasteiger partial charge in [-0.2, -0.15) is 16.9 Å². The van der Waals surface area contributed by atoms with Gasteiger partial charge in [0.25, 0.3) is 5.91 Å². The Bertz CT molecular complexity index is 1390. The van der Waals surface area contributed by atoms with E-state index >= 15 is 0 Å². The topological polar surface area (TPSA) is 50.2 Å². The van der Waals surface area contributed by atoms with Crippen molar-refractivity contribution < 1.29 is 9.18 Å². The molecule has 1 spiro atoms. The number of hydrogen-bond donors (Lipinski definition) is 1. The molecule has 0 bridgehead atoms. The number of rotatable bonds is 7. The van der Waals surface area contributed by atoms with Crippen LogP contribution in [0.2, 0.25) is 0 Å². The Labute approximate surface area is 235 Å². The minimum absolute atomic E-state index is 0.0433. The Morgan fingerprint density at radius 2 is 1.92 bits per heavy atom. The number of benzene rings is 2. The molecular formula is C32H37FN4OS. The molecule has 3 aromatic rings. The molecule has 39 heavy (non-hydrogen) atoms. The van der Waals surface area contributed by atoms with Crippen molar-refractivity contribution in [3.63, 3.8) is 0 Å². The first-order valence-corrected chi connectivity index (χ1v) is 14.9. The van der Waals surface area contributed by atoms with Gasteiger partial charge in [0, 0.05) is 35.3 Å². The number of fused-ring (bicyclic) bond motifs is 1. The van der Waals surface area contributed by atoms with E-state index in [1.54, 1.807) is 24.3 Å². The highest BCUT2D eigenvalue weighted by Gasteiger charge is 2.38. The van der Waals surface area contributed by atoms with Crippen LogP contribution < -0.4 is 10.2 Å². The van der Waals surface area contributed by atoms with Crippen LogP contribution in [0.5, 0.6) is 0 Å². The Morgan fingerprint density at radius 1 is 1.21 bits per heavy atom. The maximum Gasteiger partial charge on any atom is 0.251 e. The SMILES string of the molecule is C=C(/C=C\C(=O)N(c1ccccc1C)C(C)CC)c1c(-c2ccc(F)cc2)nn2c1NCC1(CCSCC1)C2. The standard InChI is InChI=1S/C32H37FN4OS/c1-5-24(4)37(27-9-7-6-8-22(27)2)28(38)15-10-23(3)29-30(25-11-13-26(33)14-12-25)35-36-21-32(20-34-31(29)36)16-18-39-19-17-32/h6-15,24,34H,3,5,16-21H2,1-2,4H3/b15-10-. The second-order valence-corrected chi connectivity index (χ2v) is 12.0. The fraction of sp³-hybridized carbons (Fsp3) is 0.375. The number of aromatic nitrogens is 2. The van der Waals surface area contributed by atoms with Gasteiger partial charge in [-0.3, -0.25) is 4.79 Å². The third-order valence-electron chi connectivity index (χ3n) is 8.13. The molecular weight excluding hydrogens is 507 g/mol.